The van der Waals surface area contributed by atoms with E-state index in [1.165, 1.54) is 0 Å². The lowest BCUT2D eigenvalue weighted by Crippen LogP contribution is -2.26. The third-order valence-corrected chi connectivity index (χ3v) is 4.59. The number of benzene rings is 1. The number of ether oxygens (including phenoxy) is 3. The van der Waals surface area contributed by atoms with Gasteiger partial charge in [0.15, 0.2) is 0 Å². The second kappa shape index (κ2) is 7.89. The van der Waals surface area contributed by atoms with Crippen molar-refractivity contribution in [3.63, 3.8) is 0 Å². The minimum absolute atomic E-state index is 0.584. The summed E-state index contributed by atoms with van der Waals surface area (Å²) in [5.41, 5.74) is 2.74. The highest BCUT2D eigenvalue weighted by Crippen LogP contribution is 2.38. The van der Waals surface area contributed by atoms with Gasteiger partial charge in [-0.3, -0.25) is 4.90 Å². The van der Waals surface area contributed by atoms with E-state index in [-0.39, 0.29) is 0 Å². The first-order chi connectivity index (χ1) is 12.1. The Morgan fingerprint density at radius 1 is 1.12 bits per heavy atom. The lowest BCUT2D eigenvalue weighted by Gasteiger charge is -2.17. The van der Waals surface area contributed by atoms with Crippen LogP contribution in [-0.4, -0.2) is 50.4 Å². The Kier molecular flexibility index (Phi) is 5.60. The smallest absolute Gasteiger partial charge is 0.230 e. The van der Waals surface area contributed by atoms with Gasteiger partial charge < -0.3 is 18.6 Å². The van der Waals surface area contributed by atoms with E-state index >= 15 is 0 Å². The molecule has 2 heterocycles. The average molecular weight is 346 g/mol. The van der Waals surface area contributed by atoms with Crippen molar-refractivity contribution in [2.75, 3.05) is 40.5 Å². The fourth-order valence-electron chi connectivity index (χ4n) is 3.18. The predicted molar refractivity (Wildman–Crippen MR) is 95.2 cm³/mol. The molecule has 0 aliphatic carbocycles. The van der Waals surface area contributed by atoms with Crippen molar-refractivity contribution in [1.82, 2.24) is 9.88 Å². The van der Waals surface area contributed by atoms with Gasteiger partial charge in [0, 0.05) is 31.8 Å². The van der Waals surface area contributed by atoms with Gasteiger partial charge in [-0.15, -0.1) is 0 Å². The third kappa shape index (κ3) is 3.80. The van der Waals surface area contributed by atoms with Crippen LogP contribution in [0.4, 0.5) is 0 Å². The summed E-state index contributed by atoms with van der Waals surface area (Å²) in [6, 6.07) is 3.85. The van der Waals surface area contributed by atoms with Crippen LogP contribution >= 0.6 is 0 Å². The topological polar surface area (TPSA) is 57.0 Å². The molecule has 0 unspecified atom stereocenters. The van der Waals surface area contributed by atoms with Crippen LogP contribution in [0.15, 0.2) is 16.5 Å². The predicted octanol–water partition coefficient (Wildman–Crippen LogP) is 3.20. The zero-order chi connectivity index (χ0) is 17.8. The molecule has 136 valence electrons. The van der Waals surface area contributed by atoms with E-state index in [0.717, 1.165) is 73.3 Å². The van der Waals surface area contributed by atoms with Crippen molar-refractivity contribution in [2.45, 2.75) is 26.8 Å². The number of aromatic nitrogens is 1. The molecule has 25 heavy (non-hydrogen) atoms. The molecule has 0 radical (unpaired) electrons. The van der Waals surface area contributed by atoms with Crippen molar-refractivity contribution in [2.24, 2.45) is 0 Å². The van der Waals surface area contributed by atoms with Crippen LogP contribution in [0.25, 0.3) is 11.5 Å². The largest absolute Gasteiger partial charge is 0.496 e. The molecular formula is C19H26N2O4. The van der Waals surface area contributed by atoms with E-state index < -0.39 is 0 Å². The maximum absolute atomic E-state index is 5.95. The highest BCUT2D eigenvalue weighted by molar-refractivity contribution is 5.68. The van der Waals surface area contributed by atoms with E-state index in [1.807, 2.05) is 26.0 Å². The van der Waals surface area contributed by atoms with Gasteiger partial charge in [-0.25, -0.2) is 4.98 Å². The fourth-order valence-corrected chi connectivity index (χ4v) is 3.18. The van der Waals surface area contributed by atoms with Crippen molar-refractivity contribution in [1.29, 1.82) is 0 Å². The van der Waals surface area contributed by atoms with E-state index in [2.05, 4.69) is 4.90 Å². The SMILES string of the molecule is COc1ccc(-c2nc(CN3CCCOCC3)c(C)o2)c(OC)c1C. The van der Waals surface area contributed by atoms with Crippen LogP contribution in [0.2, 0.25) is 0 Å². The number of hydrogen-bond acceptors (Lipinski definition) is 6. The van der Waals surface area contributed by atoms with Gasteiger partial charge >= 0.3 is 0 Å². The van der Waals surface area contributed by atoms with Crippen LogP contribution in [0.3, 0.4) is 0 Å². The first-order valence-electron chi connectivity index (χ1n) is 8.62. The summed E-state index contributed by atoms with van der Waals surface area (Å²) in [6.07, 6.45) is 1.05. The van der Waals surface area contributed by atoms with Crippen LogP contribution in [-0.2, 0) is 11.3 Å². The van der Waals surface area contributed by atoms with Gasteiger partial charge in [-0.2, -0.15) is 0 Å². The monoisotopic (exact) mass is 346 g/mol. The molecule has 0 atom stereocenters. The van der Waals surface area contributed by atoms with E-state index in [1.54, 1.807) is 14.2 Å². The highest BCUT2D eigenvalue weighted by Gasteiger charge is 2.20. The highest BCUT2D eigenvalue weighted by atomic mass is 16.5. The number of rotatable bonds is 5. The number of methoxy groups -OCH3 is 2. The second-order valence-electron chi connectivity index (χ2n) is 6.24. The molecule has 2 aromatic rings. The molecule has 1 saturated heterocycles. The van der Waals surface area contributed by atoms with Crippen LogP contribution in [0.5, 0.6) is 11.5 Å². The molecule has 1 aliphatic heterocycles. The minimum atomic E-state index is 0.584. The van der Waals surface area contributed by atoms with Gasteiger partial charge in [0.25, 0.3) is 0 Å². The van der Waals surface area contributed by atoms with Crippen LogP contribution < -0.4 is 9.47 Å². The summed E-state index contributed by atoms with van der Waals surface area (Å²) in [5.74, 6) is 2.95. The van der Waals surface area contributed by atoms with Gasteiger partial charge in [0.1, 0.15) is 17.3 Å². The van der Waals surface area contributed by atoms with E-state index in [9.17, 15) is 0 Å². The quantitative estimate of drug-likeness (QED) is 0.829. The fraction of sp³-hybridized carbons (Fsp3) is 0.526. The number of nitrogens with zero attached hydrogens (tertiary/aromatic N) is 2. The molecule has 6 heteroatoms. The average Bonchev–Trinajstić information content (AvgIpc) is 2.81. The third-order valence-electron chi connectivity index (χ3n) is 4.59. The summed E-state index contributed by atoms with van der Waals surface area (Å²) in [5, 5.41) is 0. The Hall–Kier alpha value is -2.05. The van der Waals surface area contributed by atoms with E-state index in [4.69, 9.17) is 23.6 Å². The summed E-state index contributed by atoms with van der Waals surface area (Å²) < 4.78 is 22.4. The Labute approximate surface area is 148 Å². The van der Waals surface area contributed by atoms with Gasteiger partial charge in [-0.05, 0) is 32.4 Å². The molecule has 1 aromatic heterocycles. The van der Waals surface area contributed by atoms with Crippen molar-refractivity contribution in [3.05, 3.63) is 29.2 Å². The zero-order valence-electron chi connectivity index (χ0n) is 15.4. The van der Waals surface area contributed by atoms with Crippen molar-refractivity contribution in [3.8, 4) is 23.0 Å². The van der Waals surface area contributed by atoms with E-state index in [0.29, 0.717) is 5.89 Å². The van der Waals surface area contributed by atoms with Gasteiger partial charge in [-0.1, -0.05) is 0 Å². The van der Waals surface area contributed by atoms with Gasteiger partial charge in [0.2, 0.25) is 5.89 Å². The second-order valence-corrected chi connectivity index (χ2v) is 6.24. The first-order valence-corrected chi connectivity index (χ1v) is 8.62. The van der Waals surface area contributed by atoms with Crippen molar-refractivity contribution >= 4 is 0 Å². The molecule has 6 nitrogen and oxygen atoms in total. The van der Waals surface area contributed by atoms with Crippen LogP contribution in [0.1, 0.15) is 23.4 Å². The lowest BCUT2D eigenvalue weighted by molar-refractivity contribution is 0.140. The molecule has 0 spiro atoms. The molecule has 1 aromatic carbocycles. The maximum atomic E-state index is 5.95. The molecule has 0 N–H and O–H groups in total. The summed E-state index contributed by atoms with van der Waals surface area (Å²) >= 11 is 0. The summed E-state index contributed by atoms with van der Waals surface area (Å²) in [6.45, 7) is 8.25. The Bertz CT molecular complexity index is 718. The lowest BCUT2D eigenvalue weighted by atomic mass is 10.1. The molecule has 1 fully saturated rings. The number of hydrogen-bond donors (Lipinski definition) is 0. The standard InChI is InChI=1S/C19H26N2O4/c1-13-17(22-3)7-6-15(18(13)23-4)19-20-16(14(2)25-19)12-21-8-5-10-24-11-9-21/h6-7H,5,8-12H2,1-4H3. The Balaban J connectivity index is 1.88. The normalized spacial score (nSPS) is 15.8. The molecular weight excluding hydrogens is 320 g/mol. The first kappa shape index (κ1) is 17.8. The summed E-state index contributed by atoms with van der Waals surface area (Å²) in [4.78, 5) is 7.10. The number of oxazole rings is 1. The van der Waals surface area contributed by atoms with Gasteiger partial charge in [0.05, 0.1) is 32.1 Å². The molecule has 0 saturated carbocycles. The molecule has 3 rings (SSSR count). The minimum Gasteiger partial charge on any atom is -0.496 e. The Morgan fingerprint density at radius 2 is 1.96 bits per heavy atom. The maximum Gasteiger partial charge on any atom is 0.230 e. The van der Waals surface area contributed by atoms with Crippen molar-refractivity contribution < 1.29 is 18.6 Å². The number of aryl methyl sites for hydroxylation is 1. The zero-order valence-corrected chi connectivity index (χ0v) is 15.4. The molecule has 0 bridgehead atoms. The molecule has 0 amide bonds. The Morgan fingerprint density at radius 3 is 2.72 bits per heavy atom. The summed E-state index contributed by atoms with van der Waals surface area (Å²) in [7, 11) is 3.30. The van der Waals surface area contributed by atoms with Crippen LogP contribution in [0, 0.1) is 13.8 Å². The molecule has 1 aliphatic rings.